The second-order valence-electron chi connectivity index (χ2n) is 10.2. The number of hydrogen-bond donors (Lipinski definition) is 1. The lowest BCUT2D eigenvalue weighted by Gasteiger charge is -2.41. The average molecular weight is 596 g/mol. The van der Waals surface area contributed by atoms with E-state index in [-0.39, 0.29) is 31.4 Å². The second-order valence-corrected chi connectivity index (χ2v) is 10.2. The summed E-state index contributed by atoms with van der Waals surface area (Å²) in [7, 11) is 1.38. The van der Waals surface area contributed by atoms with Gasteiger partial charge in [-0.15, -0.1) is 5.10 Å². The molecule has 6 nitrogen and oxygen atoms in total. The van der Waals surface area contributed by atoms with Crippen molar-refractivity contribution in [3.05, 3.63) is 70.8 Å². The maximum absolute atomic E-state index is 13.8. The summed E-state index contributed by atoms with van der Waals surface area (Å²) in [6, 6.07) is 9.38. The van der Waals surface area contributed by atoms with Gasteiger partial charge in [0.25, 0.3) is 5.95 Å². The van der Waals surface area contributed by atoms with Gasteiger partial charge in [-0.1, -0.05) is 35.4 Å². The van der Waals surface area contributed by atoms with E-state index in [1.54, 1.807) is 30.3 Å². The van der Waals surface area contributed by atoms with E-state index in [9.17, 15) is 44.6 Å². The summed E-state index contributed by atoms with van der Waals surface area (Å²) in [6.45, 7) is -0.871. The first-order valence-corrected chi connectivity index (χ1v) is 12.6. The van der Waals surface area contributed by atoms with Crippen molar-refractivity contribution in [2.75, 3.05) is 11.4 Å². The minimum Gasteiger partial charge on any atom is -0.388 e. The van der Waals surface area contributed by atoms with Crippen LogP contribution in [0.2, 0.25) is 0 Å². The van der Waals surface area contributed by atoms with Crippen molar-refractivity contribution < 1.29 is 44.6 Å². The summed E-state index contributed by atoms with van der Waals surface area (Å²) >= 11 is 0. The summed E-state index contributed by atoms with van der Waals surface area (Å²) < 4.78 is 122. The molecule has 0 radical (unpaired) electrons. The molecule has 0 bridgehead atoms. The van der Waals surface area contributed by atoms with E-state index >= 15 is 0 Å². The number of aromatic nitrogens is 4. The van der Waals surface area contributed by atoms with E-state index in [2.05, 4.69) is 15.4 Å². The Morgan fingerprint density at radius 2 is 1.54 bits per heavy atom. The smallest absolute Gasteiger partial charge is 0.388 e. The second kappa shape index (κ2) is 11.5. The molecule has 1 aromatic heterocycles. The minimum atomic E-state index is -5.08. The van der Waals surface area contributed by atoms with Crippen LogP contribution in [0.15, 0.2) is 48.5 Å². The van der Waals surface area contributed by atoms with Crippen LogP contribution < -0.4 is 4.90 Å². The molecule has 224 valence electrons. The third kappa shape index (κ3) is 7.49. The summed E-state index contributed by atoms with van der Waals surface area (Å²) in [5.74, 6) is -3.46. The van der Waals surface area contributed by atoms with Gasteiger partial charge >= 0.3 is 18.5 Å². The Morgan fingerprint density at radius 3 is 2.05 bits per heavy atom. The number of benzene rings is 2. The first-order valence-electron chi connectivity index (χ1n) is 12.6. The van der Waals surface area contributed by atoms with E-state index < -0.39 is 72.0 Å². The predicted molar refractivity (Wildman–Crippen MR) is 128 cm³/mol. The number of alkyl halides is 9. The lowest BCUT2D eigenvalue weighted by atomic mass is 9.70. The third-order valence-electron chi connectivity index (χ3n) is 7.31. The van der Waals surface area contributed by atoms with Crippen LogP contribution in [-0.4, -0.2) is 38.0 Å². The largest absolute Gasteiger partial charge is 0.416 e. The third-order valence-corrected chi connectivity index (χ3v) is 7.31. The molecule has 1 fully saturated rings. The molecule has 4 unspecified atom stereocenters. The van der Waals surface area contributed by atoms with Gasteiger partial charge in [-0.05, 0) is 65.6 Å². The molecular weight excluding hydrogens is 569 g/mol. The molecule has 2 aromatic carbocycles. The highest BCUT2D eigenvalue weighted by molar-refractivity contribution is 5.37. The molecule has 3 aromatic rings. The number of hydrogen-bond acceptors (Lipinski definition) is 5. The summed E-state index contributed by atoms with van der Waals surface area (Å²) in [5, 5.41) is 22.6. The van der Waals surface area contributed by atoms with Crippen LogP contribution in [0.1, 0.15) is 47.6 Å². The van der Waals surface area contributed by atoms with Gasteiger partial charge in [0.15, 0.2) is 0 Å². The maximum atomic E-state index is 13.8. The van der Waals surface area contributed by atoms with Crippen molar-refractivity contribution in [2.24, 2.45) is 24.8 Å². The lowest BCUT2D eigenvalue weighted by molar-refractivity contribution is -0.191. The highest BCUT2D eigenvalue weighted by Gasteiger charge is 2.47. The minimum absolute atomic E-state index is 0.00424. The van der Waals surface area contributed by atoms with Crippen molar-refractivity contribution in [3.63, 3.8) is 0 Å². The van der Waals surface area contributed by atoms with Crippen LogP contribution in [0.5, 0.6) is 0 Å². The van der Waals surface area contributed by atoms with E-state index in [0.717, 1.165) is 4.80 Å². The van der Waals surface area contributed by atoms with Gasteiger partial charge in [-0.2, -0.15) is 44.3 Å². The van der Waals surface area contributed by atoms with Crippen molar-refractivity contribution >= 4 is 5.95 Å². The molecule has 0 spiro atoms. The Balaban J connectivity index is 1.72. The van der Waals surface area contributed by atoms with Crippen LogP contribution in [0.4, 0.5) is 45.5 Å². The average Bonchev–Trinajstić information content (AvgIpc) is 3.33. The molecule has 41 heavy (non-hydrogen) atoms. The zero-order valence-electron chi connectivity index (χ0n) is 21.5. The molecule has 1 N–H and O–H groups in total. The molecule has 4 rings (SSSR count). The highest BCUT2D eigenvalue weighted by Crippen LogP contribution is 2.47. The van der Waals surface area contributed by atoms with Gasteiger partial charge in [-0.3, -0.25) is 0 Å². The first-order chi connectivity index (χ1) is 19.0. The zero-order valence-corrected chi connectivity index (χ0v) is 21.5. The molecule has 1 aliphatic rings. The fourth-order valence-corrected chi connectivity index (χ4v) is 5.34. The van der Waals surface area contributed by atoms with E-state index in [1.807, 2.05) is 0 Å². The van der Waals surface area contributed by atoms with E-state index in [1.165, 1.54) is 11.9 Å². The summed E-state index contributed by atoms with van der Waals surface area (Å²) in [5.41, 5.74) is -2.98. The van der Waals surface area contributed by atoms with Gasteiger partial charge in [0.05, 0.1) is 30.2 Å². The number of aliphatic hydroxyl groups is 1. The predicted octanol–water partition coefficient (Wildman–Crippen LogP) is 6.58. The molecule has 15 heteroatoms. The molecular formula is C26H26F9N5O. The topological polar surface area (TPSA) is 67.1 Å². The van der Waals surface area contributed by atoms with Crippen LogP contribution in [0, 0.1) is 17.8 Å². The number of tetrazole rings is 1. The maximum Gasteiger partial charge on any atom is 0.416 e. The van der Waals surface area contributed by atoms with Crippen molar-refractivity contribution in [2.45, 2.75) is 50.4 Å². The molecule has 4 atom stereocenters. The van der Waals surface area contributed by atoms with Crippen molar-refractivity contribution in [3.8, 4) is 0 Å². The molecule has 0 aliphatic heterocycles. The molecule has 0 saturated heterocycles. The zero-order chi connectivity index (χ0) is 30.2. The fraction of sp³-hybridized carbons (Fsp3) is 0.500. The van der Waals surface area contributed by atoms with Gasteiger partial charge in [0.2, 0.25) is 0 Å². The number of aryl methyl sites for hydroxylation is 1. The van der Waals surface area contributed by atoms with Gasteiger partial charge in [0.1, 0.15) is 0 Å². The number of nitrogens with zero attached hydrogens (tertiary/aromatic N) is 5. The van der Waals surface area contributed by atoms with Crippen LogP contribution in [0.3, 0.4) is 0 Å². The molecule has 1 aliphatic carbocycles. The molecule has 0 amide bonds. The number of halogens is 9. The standard InChI is InChI=1S/C26H26F9N5O/c1-39-37-23(36-38-39)40(13-15-9-19(25(30,31)32)12-20(10-15)26(33,34)35)14-17-11-18(24(27,28)29)7-8-21(17)22(41)16-5-3-2-4-6-16/h2-6,9-10,12,17-18,21-22,41H,7-8,11,13-14H2,1H3. The Labute approximate surface area is 228 Å². The Bertz CT molecular complexity index is 1270. The monoisotopic (exact) mass is 595 g/mol. The number of rotatable bonds is 7. The van der Waals surface area contributed by atoms with Gasteiger partial charge in [0, 0.05) is 13.1 Å². The number of aliphatic hydroxyl groups excluding tert-OH is 1. The normalized spacial score (nSPS) is 21.1. The highest BCUT2D eigenvalue weighted by atomic mass is 19.4. The molecule has 1 heterocycles. The summed E-state index contributed by atoms with van der Waals surface area (Å²) in [6.07, 6.45) is -16.5. The number of anilines is 1. The first kappa shape index (κ1) is 30.6. The quantitative estimate of drug-likeness (QED) is 0.313. The molecule has 1 saturated carbocycles. The van der Waals surface area contributed by atoms with Crippen LogP contribution >= 0.6 is 0 Å². The van der Waals surface area contributed by atoms with Crippen LogP contribution in [-0.2, 0) is 25.9 Å². The SMILES string of the molecule is Cn1nnc(N(Cc2cc(C(F)(F)F)cc(C(F)(F)F)c2)CC2CC(C(F)(F)F)CCC2C(O)c2ccccc2)n1. The van der Waals surface area contributed by atoms with E-state index in [4.69, 9.17) is 0 Å². The Morgan fingerprint density at radius 1 is 0.927 bits per heavy atom. The Kier molecular flexibility index (Phi) is 8.58. The van der Waals surface area contributed by atoms with Crippen molar-refractivity contribution in [1.29, 1.82) is 0 Å². The van der Waals surface area contributed by atoms with Gasteiger partial charge in [-0.25, -0.2) is 0 Å². The summed E-state index contributed by atoms with van der Waals surface area (Å²) in [4.78, 5) is 2.21. The lowest BCUT2D eigenvalue weighted by Crippen LogP contribution is -2.42. The van der Waals surface area contributed by atoms with E-state index in [0.29, 0.717) is 17.7 Å². The fourth-order valence-electron chi connectivity index (χ4n) is 5.34. The Hall–Kier alpha value is -3.36. The van der Waals surface area contributed by atoms with Crippen LogP contribution in [0.25, 0.3) is 0 Å². The van der Waals surface area contributed by atoms with Gasteiger partial charge < -0.3 is 10.0 Å². The van der Waals surface area contributed by atoms with Crippen molar-refractivity contribution in [1.82, 2.24) is 20.2 Å².